The molecule has 7 nitrogen and oxygen atoms in total. The van der Waals surface area contributed by atoms with Crippen molar-refractivity contribution in [2.24, 2.45) is 0 Å². The van der Waals surface area contributed by atoms with E-state index in [9.17, 15) is 8.42 Å². The third-order valence-electron chi connectivity index (χ3n) is 5.17. The number of para-hydroxylation sites is 1. The van der Waals surface area contributed by atoms with Gasteiger partial charge in [-0.15, -0.1) is 0 Å². The summed E-state index contributed by atoms with van der Waals surface area (Å²) in [6.07, 6.45) is 5.21. The van der Waals surface area contributed by atoms with Gasteiger partial charge in [0.1, 0.15) is 22.2 Å². The van der Waals surface area contributed by atoms with Crippen LogP contribution in [0.5, 0.6) is 11.5 Å². The van der Waals surface area contributed by atoms with Gasteiger partial charge in [-0.2, -0.15) is 0 Å². The zero-order valence-electron chi connectivity index (χ0n) is 17.8. The van der Waals surface area contributed by atoms with Crippen LogP contribution in [0.2, 0.25) is 0 Å². The van der Waals surface area contributed by atoms with Crippen molar-refractivity contribution in [1.82, 2.24) is 9.55 Å². The number of anilines is 1. The number of aromatic nitrogens is 2. The Morgan fingerprint density at radius 2 is 1.87 bits per heavy atom. The van der Waals surface area contributed by atoms with Gasteiger partial charge in [-0.3, -0.25) is 4.72 Å². The van der Waals surface area contributed by atoms with Gasteiger partial charge in [-0.05, 0) is 44.9 Å². The molecule has 0 saturated carbocycles. The van der Waals surface area contributed by atoms with Crippen LogP contribution < -0.4 is 14.2 Å². The van der Waals surface area contributed by atoms with Crippen LogP contribution in [0.15, 0.2) is 53.6 Å². The van der Waals surface area contributed by atoms with E-state index >= 15 is 0 Å². The Morgan fingerprint density at radius 1 is 1.06 bits per heavy atom. The Labute approximate surface area is 183 Å². The van der Waals surface area contributed by atoms with Crippen molar-refractivity contribution in [3.63, 3.8) is 0 Å². The Kier molecular flexibility index (Phi) is 6.18. The number of benzene rings is 2. The summed E-state index contributed by atoms with van der Waals surface area (Å²) in [5, 5.41) is 0. The summed E-state index contributed by atoms with van der Waals surface area (Å²) in [5.74, 6) is 1.87. The fourth-order valence-corrected chi connectivity index (χ4v) is 4.98. The molecule has 1 N–H and O–H groups in total. The van der Waals surface area contributed by atoms with Crippen molar-refractivity contribution in [2.75, 3.05) is 17.9 Å². The number of fused-ring (bicyclic) bond motifs is 1. The zero-order valence-corrected chi connectivity index (χ0v) is 18.6. The molecule has 164 valence electrons. The molecule has 8 heteroatoms. The molecule has 31 heavy (non-hydrogen) atoms. The summed E-state index contributed by atoms with van der Waals surface area (Å²) in [4.78, 5) is 4.82. The highest BCUT2D eigenvalue weighted by atomic mass is 32.2. The first-order valence-corrected chi connectivity index (χ1v) is 12.1. The predicted molar refractivity (Wildman–Crippen MR) is 120 cm³/mol. The lowest BCUT2D eigenvalue weighted by molar-refractivity contribution is 0.317. The van der Waals surface area contributed by atoms with Crippen molar-refractivity contribution in [1.29, 1.82) is 0 Å². The molecule has 0 atom stereocenters. The summed E-state index contributed by atoms with van der Waals surface area (Å²) in [6, 6.07) is 12.1. The van der Waals surface area contributed by atoms with Gasteiger partial charge in [0.05, 0.1) is 24.6 Å². The fourth-order valence-electron chi connectivity index (χ4n) is 3.77. The molecule has 0 saturated heterocycles. The minimum atomic E-state index is -3.90. The van der Waals surface area contributed by atoms with Gasteiger partial charge < -0.3 is 14.0 Å². The number of sulfonamides is 1. The maximum absolute atomic E-state index is 13.3. The van der Waals surface area contributed by atoms with Gasteiger partial charge in [0, 0.05) is 30.8 Å². The van der Waals surface area contributed by atoms with E-state index in [1.54, 1.807) is 24.3 Å². The van der Waals surface area contributed by atoms with E-state index in [2.05, 4.69) is 9.29 Å². The second kappa shape index (κ2) is 9.01. The smallest absolute Gasteiger partial charge is 0.265 e. The third-order valence-corrected chi connectivity index (χ3v) is 6.58. The molecule has 1 aliphatic heterocycles. The quantitative estimate of drug-likeness (QED) is 0.557. The van der Waals surface area contributed by atoms with Gasteiger partial charge in [0.15, 0.2) is 0 Å². The lowest BCUT2D eigenvalue weighted by atomic mass is 10.1. The minimum Gasteiger partial charge on any atom is -0.494 e. The van der Waals surface area contributed by atoms with Crippen molar-refractivity contribution >= 4 is 15.7 Å². The van der Waals surface area contributed by atoms with E-state index in [1.807, 2.05) is 32.2 Å². The van der Waals surface area contributed by atoms with Crippen molar-refractivity contribution in [3.8, 4) is 22.8 Å². The lowest BCUT2D eigenvalue weighted by Gasteiger charge is -2.15. The van der Waals surface area contributed by atoms with E-state index in [1.165, 1.54) is 6.07 Å². The van der Waals surface area contributed by atoms with Crippen molar-refractivity contribution < 1.29 is 17.9 Å². The first kappa shape index (κ1) is 21.2. The topological polar surface area (TPSA) is 82.5 Å². The van der Waals surface area contributed by atoms with Crippen LogP contribution in [0.25, 0.3) is 11.3 Å². The number of hydrogen-bond donors (Lipinski definition) is 1. The molecule has 1 aliphatic rings. The Hall–Kier alpha value is -3.00. The largest absolute Gasteiger partial charge is 0.494 e. The highest BCUT2D eigenvalue weighted by Crippen LogP contribution is 2.34. The number of imidazole rings is 1. The molecule has 4 rings (SSSR count). The number of hydrogen-bond acceptors (Lipinski definition) is 5. The van der Waals surface area contributed by atoms with Crippen LogP contribution in [-0.4, -0.2) is 31.2 Å². The minimum absolute atomic E-state index is 0.0664. The monoisotopic (exact) mass is 441 g/mol. The molecule has 0 aliphatic carbocycles. The molecular weight excluding hydrogens is 414 g/mol. The fraction of sp³-hybridized carbons (Fsp3) is 0.348. The molecule has 0 fully saturated rings. The molecule has 0 bridgehead atoms. The van der Waals surface area contributed by atoms with E-state index in [-0.39, 0.29) is 10.6 Å². The van der Waals surface area contributed by atoms with E-state index in [0.717, 1.165) is 42.9 Å². The Morgan fingerprint density at radius 3 is 2.65 bits per heavy atom. The Balaban J connectivity index is 1.69. The number of aryl methyl sites for hydroxylation is 2. The molecule has 3 aromatic rings. The van der Waals surface area contributed by atoms with Crippen molar-refractivity contribution in [3.05, 3.63) is 54.5 Å². The standard InChI is InChI=1S/C23H27N3O4S/c1-3-29-17-12-13-22(21(15-17)30-4-2)31(27,28)25-19-10-6-5-9-18(19)20-16-26-14-8-7-11-23(26)24-20/h5-6,9-10,12-13,15-16,25H,3-4,7-8,11,14H2,1-2H3. The third kappa shape index (κ3) is 4.54. The highest BCUT2D eigenvalue weighted by molar-refractivity contribution is 7.92. The molecule has 0 spiro atoms. The maximum Gasteiger partial charge on any atom is 0.265 e. The van der Waals surface area contributed by atoms with Crippen molar-refractivity contribution in [2.45, 2.75) is 44.6 Å². The average Bonchev–Trinajstić information content (AvgIpc) is 3.18. The molecule has 1 aromatic heterocycles. The van der Waals surface area contributed by atoms with Gasteiger partial charge in [-0.1, -0.05) is 18.2 Å². The molecule has 2 aromatic carbocycles. The summed E-state index contributed by atoms with van der Waals surface area (Å²) in [5.41, 5.74) is 2.00. The number of ether oxygens (including phenoxy) is 2. The lowest BCUT2D eigenvalue weighted by Crippen LogP contribution is -2.15. The van der Waals surface area contributed by atoms with E-state index in [0.29, 0.717) is 24.7 Å². The molecule has 0 radical (unpaired) electrons. The highest BCUT2D eigenvalue weighted by Gasteiger charge is 2.23. The zero-order chi connectivity index (χ0) is 21.8. The number of rotatable bonds is 8. The van der Waals surface area contributed by atoms with Crippen LogP contribution in [0.4, 0.5) is 5.69 Å². The van der Waals surface area contributed by atoms with Crippen LogP contribution >= 0.6 is 0 Å². The van der Waals surface area contributed by atoms with Gasteiger partial charge in [0.2, 0.25) is 0 Å². The van der Waals surface area contributed by atoms with Crippen LogP contribution in [-0.2, 0) is 23.0 Å². The maximum atomic E-state index is 13.3. The first-order chi connectivity index (χ1) is 15.0. The van der Waals surface area contributed by atoms with Crippen LogP contribution in [0.3, 0.4) is 0 Å². The van der Waals surface area contributed by atoms with Crippen LogP contribution in [0, 0.1) is 0 Å². The summed E-state index contributed by atoms with van der Waals surface area (Å²) in [6.45, 7) is 5.46. The molecule has 0 unspecified atom stereocenters. The summed E-state index contributed by atoms with van der Waals surface area (Å²) < 4.78 is 42.6. The average molecular weight is 442 g/mol. The van der Waals surface area contributed by atoms with E-state index < -0.39 is 10.0 Å². The van der Waals surface area contributed by atoms with Gasteiger partial charge in [0.25, 0.3) is 10.0 Å². The summed E-state index contributed by atoms with van der Waals surface area (Å²) >= 11 is 0. The van der Waals surface area contributed by atoms with Gasteiger partial charge in [-0.25, -0.2) is 13.4 Å². The normalized spacial score (nSPS) is 13.5. The summed E-state index contributed by atoms with van der Waals surface area (Å²) in [7, 11) is -3.90. The van der Waals surface area contributed by atoms with E-state index in [4.69, 9.17) is 14.5 Å². The molecular formula is C23H27N3O4S. The SMILES string of the molecule is CCOc1ccc(S(=O)(=O)Nc2ccccc2-c2cn3c(n2)CCCC3)c(OCC)c1. The number of nitrogens with one attached hydrogen (secondary N) is 1. The van der Waals surface area contributed by atoms with Gasteiger partial charge >= 0.3 is 0 Å². The first-order valence-electron chi connectivity index (χ1n) is 10.6. The second-order valence-corrected chi connectivity index (χ2v) is 8.97. The molecule has 0 amide bonds. The molecule has 2 heterocycles. The predicted octanol–water partition coefficient (Wildman–Crippen LogP) is 4.48. The Bertz CT molecular complexity index is 1150. The number of nitrogens with zero attached hydrogens (tertiary/aromatic N) is 2. The second-order valence-electron chi connectivity index (χ2n) is 7.32. The van der Waals surface area contributed by atoms with Crippen LogP contribution in [0.1, 0.15) is 32.5 Å².